The Morgan fingerprint density at radius 3 is 0.236 bits per heavy atom. The molecule has 0 spiro atoms. The summed E-state index contributed by atoms with van der Waals surface area (Å²) in [5.74, 6) is 0. The lowest BCUT2D eigenvalue weighted by Gasteiger charge is -2.09. The maximum Gasteiger partial charge on any atom is 0.243 e. The molecule has 0 aromatic carbocycles. The molecule has 0 aliphatic carbocycles. The number of unbranched alkanes of at least 4 members (excludes halogenated alkanes) is 12. The van der Waals surface area contributed by atoms with Gasteiger partial charge in [-0.05, 0) is 77.0 Å². The maximum atomic E-state index is 9.89. The first-order valence-electron chi connectivity index (χ1n) is 50.2. The molecule has 0 aliphatic heterocycles. The minimum absolute atomic E-state index is 1.15. The molecule has 0 fully saturated rings. The van der Waals surface area contributed by atoms with E-state index in [4.69, 9.17) is 60.3 Å². The Kier molecular flexibility index (Phi) is 101. The number of nitrogens with zero attached hydrogens (tertiary/aromatic N) is 24. The summed E-state index contributed by atoms with van der Waals surface area (Å²) in [4.78, 5) is 0. The Hall–Kier alpha value is -9.99. The van der Waals surface area contributed by atoms with Gasteiger partial charge in [-0.15, -0.1) is 0 Å². The quantitative estimate of drug-likeness (QED) is 0.0268. The van der Waals surface area contributed by atoms with Crippen LogP contribution in [0.25, 0.3) is 0 Å². The van der Waals surface area contributed by atoms with Gasteiger partial charge in [0.05, 0.1) is 163 Å². The molecule has 0 aliphatic rings. The van der Waals surface area contributed by atoms with Crippen LogP contribution >= 0.6 is 0 Å². The first kappa shape index (κ1) is 145. The van der Waals surface area contributed by atoms with E-state index in [0.29, 0.717) is 0 Å². The van der Waals surface area contributed by atoms with Gasteiger partial charge in [-0.3, -0.25) is 0 Å². The SMILES string of the molecule is CCCC[n+]1ccn(C)c1.CCCC[n+]1ccn(C)c1.CCCC[n+]1ccn(C)c1.CCCC[n+]1ccn(C)c1.CCCC[n+]1ccn(C)c1.CCCC[n+]1ccn(C)c1.CCCC[n+]1ccn(C)c1.CCCC[n+]1ccn(C)c1.CCCC[n+]1ccn(C)c1.CCCC[n+]1ccn(C)c1.CCCC[n+]1ccn(C)c1.CCCC[n+]1ccn(C)c1.[O-]B([O-])F.[O-]B([O-])F.[O-]B([O-])F.[O-]B([O-])F.[O-]B([O-])F.[O-]B([O-])F. The lowest BCUT2D eigenvalue weighted by Crippen LogP contribution is -2.39. The molecule has 0 amide bonds. The van der Waals surface area contributed by atoms with Crippen molar-refractivity contribution in [3.63, 3.8) is 0 Å². The number of hydrogen-bond donors (Lipinski definition) is 0. The predicted molar refractivity (Wildman–Crippen MR) is 527 cm³/mol. The van der Waals surface area contributed by atoms with Crippen LogP contribution in [-0.4, -0.2) is 99.2 Å². The van der Waals surface area contributed by atoms with Gasteiger partial charge in [0.25, 0.3) is 0 Å². The summed E-state index contributed by atoms with van der Waals surface area (Å²) < 4.78 is 111. The molecule has 12 rings (SSSR count). The van der Waals surface area contributed by atoms with Crippen LogP contribution < -0.4 is 115 Å². The van der Waals surface area contributed by atoms with E-state index in [0.717, 1.165) is 78.5 Å². The zero-order chi connectivity index (χ0) is 110. The van der Waals surface area contributed by atoms with Crippen LogP contribution in [0.5, 0.6) is 0 Å². The van der Waals surface area contributed by atoms with Gasteiger partial charge in [0.2, 0.25) is 75.9 Å². The molecule has 48 heteroatoms. The maximum absolute atomic E-state index is 9.89. The average molecular weight is 2040 g/mol. The third-order valence-corrected chi connectivity index (χ3v) is 19.1. The van der Waals surface area contributed by atoms with Gasteiger partial charge < -0.3 is 86.2 Å². The number of aromatic nitrogens is 24. The molecule has 0 bridgehead atoms. The zero-order valence-electron chi connectivity index (χ0n) is 91.6. The normalized spacial score (nSPS) is 9.62. The fourth-order valence-corrected chi connectivity index (χ4v) is 11.7. The molecule has 0 saturated carbocycles. The van der Waals surface area contributed by atoms with Crippen molar-refractivity contribution in [3.8, 4) is 0 Å². The lowest BCUT2D eigenvalue weighted by atomic mass is 10.3. The molecule has 12 heterocycles. The third-order valence-electron chi connectivity index (χ3n) is 19.1. The van der Waals surface area contributed by atoms with Gasteiger partial charge >= 0.3 is 0 Å². The van der Waals surface area contributed by atoms with E-state index in [-0.39, 0.29) is 0 Å². The number of halogens is 6. The second kappa shape index (κ2) is 100. The predicted octanol–water partition coefficient (Wildman–Crippen LogP) is -0.679. The first-order chi connectivity index (χ1) is 68.3. The van der Waals surface area contributed by atoms with Crippen LogP contribution in [0.4, 0.5) is 25.9 Å². The summed E-state index contributed by atoms with van der Waals surface area (Å²) >= 11 is 0. The molecule has 0 atom stereocenters. The lowest BCUT2D eigenvalue weighted by molar-refractivity contribution is -0.696. The molecule has 36 nitrogen and oxygen atoms in total. The smallest absolute Gasteiger partial charge is 0.243 e. The van der Waals surface area contributed by atoms with Crippen molar-refractivity contribution < 1.29 is 141 Å². The summed E-state index contributed by atoms with van der Waals surface area (Å²) in [6, 6.07) is 0. The van der Waals surface area contributed by atoms with Gasteiger partial charge in [0.15, 0.2) is 0 Å². The van der Waals surface area contributed by atoms with Gasteiger partial charge in [-0.2, -0.15) is 0 Å². The minimum atomic E-state index is -3.17. The third kappa shape index (κ3) is 106. The fourth-order valence-electron chi connectivity index (χ4n) is 11.7. The van der Waals surface area contributed by atoms with E-state index in [2.05, 4.69) is 417 Å². The van der Waals surface area contributed by atoms with E-state index in [9.17, 15) is 25.9 Å². The van der Waals surface area contributed by atoms with Crippen molar-refractivity contribution >= 4 is 44.4 Å². The Labute approximate surface area is 860 Å². The van der Waals surface area contributed by atoms with Crippen LogP contribution in [0.2, 0.25) is 0 Å². The number of imidazole rings is 12. The van der Waals surface area contributed by atoms with Gasteiger partial charge in [0.1, 0.15) is 193 Å². The Morgan fingerprint density at radius 1 is 0.146 bits per heavy atom. The number of aryl methyl sites for hydroxylation is 24. The van der Waals surface area contributed by atoms with Crippen LogP contribution in [0.1, 0.15) is 237 Å². The van der Waals surface area contributed by atoms with Crippen LogP contribution in [0, 0.1) is 0 Å². The molecular formula is C96H180B6F6N24O12. The number of hydrogen-bond acceptors (Lipinski definition) is 12. The second-order valence-electron chi connectivity index (χ2n) is 33.7. The van der Waals surface area contributed by atoms with Crippen LogP contribution in [0.15, 0.2) is 225 Å². The van der Waals surface area contributed by atoms with Crippen molar-refractivity contribution in [2.75, 3.05) is 0 Å². The van der Waals surface area contributed by atoms with Crippen LogP contribution in [-0.2, 0) is 163 Å². The van der Waals surface area contributed by atoms with Crippen molar-refractivity contribution in [3.05, 3.63) is 225 Å². The van der Waals surface area contributed by atoms with E-state index in [1.807, 2.05) is 84.6 Å². The van der Waals surface area contributed by atoms with Crippen molar-refractivity contribution in [2.45, 2.75) is 316 Å². The van der Waals surface area contributed by atoms with E-state index in [1.54, 1.807) is 0 Å². The Bertz CT molecular complexity index is 3640. The first-order valence-corrected chi connectivity index (χ1v) is 50.2. The molecular weight excluding hydrogens is 1860 g/mol. The van der Waals surface area contributed by atoms with Gasteiger partial charge in [-0.1, -0.05) is 160 Å². The highest BCUT2D eigenvalue weighted by molar-refractivity contribution is 6.28. The fraction of sp³-hybridized carbons (Fsp3) is 0.625. The van der Waals surface area contributed by atoms with Crippen molar-refractivity contribution in [2.24, 2.45) is 84.6 Å². The summed E-state index contributed by atoms with van der Waals surface area (Å²) in [6.45, 7) is 40.3. The molecule has 0 N–H and O–H groups in total. The highest BCUT2D eigenvalue weighted by Crippen LogP contribution is 1.96. The highest BCUT2D eigenvalue weighted by Gasteiger charge is 2.06. The van der Waals surface area contributed by atoms with E-state index in [1.165, 1.54) is 154 Å². The standard InChI is InChI=1S/12C8H15N2.6BFO2/c12*1-3-4-5-10-7-6-9(2)8-10;6*2-1(3)4/h12*6-8H,3-5H2,1-2H3;;;;;;/q12*+1;6*-2. The monoisotopic (exact) mass is 2040 g/mol. The Morgan fingerprint density at radius 2 is 0.201 bits per heavy atom. The summed E-state index contributed by atoms with van der Waals surface area (Å²) in [6.07, 6.45) is 106. The van der Waals surface area contributed by atoms with E-state index < -0.39 is 44.4 Å². The molecule has 12 aromatic heterocycles. The topological polar surface area (TPSA) is 382 Å². The summed E-state index contributed by atoms with van der Waals surface area (Å²) in [5, 5.41) is 99.7. The summed E-state index contributed by atoms with van der Waals surface area (Å²) in [5.41, 5.74) is 0. The molecule has 12 aromatic rings. The minimum Gasteiger partial charge on any atom is -0.867 e. The van der Waals surface area contributed by atoms with E-state index >= 15 is 0 Å². The Balaban J connectivity index is -0.000000353. The molecule has 144 heavy (non-hydrogen) atoms. The molecule has 0 saturated heterocycles. The average Bonchev–Trinajstić information content (AvgIpc) is 1.90. The molecule has 816 valence electrons. The highest BCUT2D eigenvalue weighted by atomic mass is 19.1. The van der Waals surface area contributed by atoms with Crippen LogP contribution in [0.3, 0.4) is 0 Å². The van der Waals surface area contributed by atoms with Gasteiger partial charge in [0, 0.05) is 0 Å². The zero-order valence-corrected chi connectivity index (χ0v) is 91.6. The molecule has 0 radical (unpaired) electrons. The largest absolute Gasteiger partial charge is 0.867 e. The van der Waals surface area contributed by atoms with Gasteiger partial charge in [-0.25, -0.2) is 110 Å². The molecule has 0 unspecified atom stereocenters. The van der Waals surface area contributed by atoms with Crippen molar-refractivity contribution in [1.82, 2.24) is 54.8 Å². The summed E-state index contributed by atoms with van der Waals surface area (Å²) in [7, 11) is 5.53. The number of rotatable bonds is 36. The van der Waals surface area contributed by atoms with Crippen molar-refractivity contribution in [1.29, 1.82) is 0 Å². The second-order valence-corrected chi connectivity index (χ2v) is 33.7.